The van der Waals surface area contributed by atoms with Crippen molar-refractivity contribution in [3.05, 3.63) is 47.8 Å². The highest BCUT2D eigenvalue weighted by atomic mass is 16.4. The summed E-state index contributed by atoms with van der Waals surface area (Å²) in [4.78, 5) is 36.8. The van der Waals surface area contributed by atoms with Crippen molar-refractivity contribution in [3.63, 3.8) is 0 Å². The first-order chi connectivity index (χ1) is 10.6. The predicted octanol–water partition coefficient (Wildman–Crippen LogP) is 1.48. The van der Waals surface area contributed by atoms with Gasteiger partial charge in [-0.2, -0.15) is 0 Å². The normalized spacial score (nSPS) is 12.2. The zero-order chi connectivity index (χ0) is 15.7. The summed E-state index contributed by atoms with van der Waals surface area (Å²) in [6.07, 6.45) is 1.17. The van der Waals surface area contributed by atoms with E-state index in [-0.39, 0.29) is 11.4 Å². The summed E-state index contributed by atoms with van der Waals surface area (Å²) in [6.45, 7) is 1.75. The van der Waals surface area contributed by atoms with Crippen LogP contribution in [0.1, 0.15) is 39.8 Å². The minimum absolute atomic E-state index is 0.157. The quantitative estimate of drug-likeness (QED) is 0.581. The van der Waals surface area contributed by atoms with Gasteiger partial charge >= 0.3 is 5.97 Å². The van der Waals surface area contributed by atoms with E-state index in [0.717, 1.165) is 11.0 Å². The van der Waals surface area contributed by atoms with Crippen LogP contribution in [0, 0.1) is 0 Å². The first-order valence-corrected chi connectivity index (χ1v) is 6.58. The molecule has 0 spiro atoms. The van der Waals surface area contributed by atoms with Crippen molar-refractivity contribution in [2.75, 3.05) is 0 Å². The summed E-state index contributed by atoms with van der Waals surface area (Å²) in [5.74, 6) is -1.23. The van der Waals surface area contributed by atoms with Gasteiger partial charge in [0.2, 0.25) is 0 Å². The van der Waals surface area contributed by atoms with Crippen molar-refractivity contribution in [2.24, 2.45) is 0 Å². The standard InChI is InChI=1S/C14H13N5O3/c1-7(12-18-8-4-2-3-5-9(8)19-12)17-13(20)10-11(14(21)22)16-6-15-10/h2-7H,1H3,(H,15,16)(H,17,20)(H,18,19)(H,21,22). The molecule has 1 amide bonds. The molecule has 22 heavy (non-hydrogen) atoms. The number of amides is 1. The number of hydrogen-bond acceptors (Lipinski definition) is 4. The van der Waals surface area contributed by atoms with Crippen LogP contribution in [0.4, 0.5) is 0 Å². The summed E-state index contributed by atoms with van der Waals surface area (Å²) in [5.41, 5.74) is 1.26. The molecule has 3 rings (SSSR count). The van der Waals surface area contributed by atoms with E-state index in [4.69, 9.17) is 5.11 Å². The number of benzene rings is 1. The van der Waals surface area contributed by atoms with E-state index in [1.807, 2.05) is 24.3 Å². The largest absolute Gasteiger partial charge is 0.477 e. The van der Waals surface area contributed by atoms with E-state index in [9.17, 15) is 9.59 Å². The molecule has 1 aromatic carbocycles. The van der Waals surface area contributed by atoms with E-state index in [1.54, 1.807) is 6.92 Å². The third kappa shape index (κ3) is 2.41. The number of nitrogens with zero attached hydrogens (tertiary/aromatic N) is 2. The number of nitrogens with one attached hydrogen (secondary N) is 3. The summed E-state index contributed by atoms with van der Waals surface area (Å²) < 4.78 is 0. The van der Waals surface area contributed by atoms with Crippen molar-refractivity contribution >= 4 is 22.9 Å². The number of carboxylic acids is 1. The molecule has 0 aliphatic heterocycles. The highest BCUT2D eigenvalue weighted by molar-refractivity contribution is 6.02. The Kier molecular flexibility index (Phi) is 3.34. The molecule has 0 fully saturated rings. The zero-order valence-electron chi connectivity index (χ0n) is 11.6. The van der Waals surface area contributed by atoms with Crippen molar-refractivity contribution < 1.29 is 14.7 Å². The molecule has 0 aliphatic carbocycles. The summed E-state index contributed by atoms with van der Waals surface area (Å²) in [5, 5.41) is 11.7. The second-order valence-electron chi connectivity index (χ2n) is 4.77. The Labute approximate surface area is 124 Å². The Bertz CT molecular complexity index is 818. The number of carbonyl (C=O) groups excluding carboxylic acids is 1. The van der Waals surface area contributed by atoms with Gasteiger partial charge in [-0.15, -0.1) is 0 Å². The van der Waals surface area contributed by atoms with Gasteiger partial charge in [0.15, 0.2) is 11.4 Å². The predicted molar refractivity (Wildman–Crippen MR) is 77.5 cm³/mol. The van der Waals surface area contributed by atoms with Gasteiger partial charge in [0.05, 0.1) is 23.4 Å². The van der Waals surface area contributed by atoms with Gasteiger partial charge in [0.1, 0.15) is 5.82 Å². The number of rotatable bonds is 4. The zero-order valence-corrected chi connectivity index (χ0v) is 11.6. The maximum atomic E-state index is 12.1. The average molecular weight is 299 g/mol. The lowest BCUT2D eigenvalue weighted by Gasteiger charge is -2.10. The van der Waals surface area contributed by atoms with Gasteiger partial charge < -0.3 is 20.4 Å². The lowest BCUT2D eigenvalue weighted by Crippen LogP contribution is -2.29. The van der Waals surface area contributed by atoms with Gasteiger partial charge in [-0.1, -0.05) is 12.1 Å². The number of para-hydroxylation sites is 2. The fraction of sp³-hybridized carbons (Fsp3) is 0.143. The van der Waals surface area contributed by atoms with E-state index in [1.165, 1.54) is 6.33 Å². The smallest absolute Gasteiger partial charge is 0.354 e. The van der Waals surface area contributed by atoms with Gasteiger partial charge in [-0.3, -0.25) is 4.79 Å². The van der Waals surface area contributed by atoms with E-state index in [0.29, 0.717) is 5.82 Å². The van der Waals surface area contributed by atoms with Crippen LogP contribution in [-0.2, 0) is 0 Å². The van der Waals surface area contributed by atoms with Crippen molar-refractivity contribution in [2.45, 2.75) is 13.0 Å². The fourth-order valence-corrected chi connectivity index (χ4v) is 2.14. The number of H-pyrrole nitrogens is 2. The van der Waals surface area contributed by atoms with Crippen LogP contribution in [0.2, 0.25) is 0 Å². The van der Waals surface area contributed by atoms with Crippen molar-refractivity contribution in [1.29, 1.82) is 0 Å². The summed E-state index contributed by atoms with van der Waals surface area (Å²) >= 11 is 0. The lowest BCUT2D eigenvalue weighted by atomic mass is 10.2. The molecular weight excluding hydrogens is 286 g/mol. The Hall–Kier alpha value is -3.16. The van der Waals surface area contributed by atoms with Crippen LogP contribution in [0.3, 0.4) is 0 Å². The molecule has 8 nitrogen and oxygen atoms in total. The fourth-order valence-electron chi connectivity index (χ4n) is 2.14. The number of carboxylic acid groups (broad SMARTS) is 1. The van der Waals surface area contributed by atoms with Crippen LogP contribution in [-0.4, -0.2) is 36.9 Å². The maximum absolute atomic E-state index is 12.1. The third-order valence-corrected chi connectivity index (χ3v) is 3.23. The van der Waals surface area contributed by atoms with E-state index < -0.39 is 17.9 Å². The SMILES string of the molecule is CC(NC(=O)c1nc[nH]c1C(=O)O)c1nc2ccccc2[nH]1. The second kappa shape index (κ2) is 5.32. The van der Waals surface area contributed by atoms with E-state index in [2.05, 4.69) is 25.3 Å². The number of aromatic amines is 2. The molecule has 2 aromatic heterocycles. The molecule has 112 valence electrons. The first kappa shape index (κ1) is 13.8. The number of fused-ring (bicyclic) bond motifs is 1. The molecule has 0 saturated heterocycles. The highest BCUT2D eigenvalue weighted by Gasteiger charge is 2.22. The molecule has 4 N–H and O–H groups in total. The first-order valence-electron chi connectivity index (χ1n) is 6.58. The minimum Gasteiger partial charge on any atom is -0.477 e. The molecule has 1 unspecified atom stereocenters. The molecule has 0 radical (unpaired) electrons. The maximum Gasteiger partial charge on any atom is 0.354 e. The van der Waals surface area contributed by atoms with Gasteiger partial charge in [-0.05, 0) is 19.1 Å². The molecule has 0 bridgehead atoms. The summed E-state index contributed by atoms with van der Waals surface area (Å²) in [7, 11) is 0. The van der Waals surface area contributed by atoms with Gasteiger partial charge in [-0.25, -0.2) is 14.8 Å². The number of aromatic carboxylic acids is 1. The minimum atomic E-state index is -1.24. The molecule has 0 aliphatic rings. The molecule has 1 atom stereocenters. The molecule has 0 saturated carbocycles. The number of imidazole rings is 2. The van der Waals surface area contributed by atoms with Crippen molar-refractivity contribution in [3.8, 4) is 0 Å². The number of aromatic nitrogens is 4. The Balaban J connectivity index is 1.81. The van der Waals surface area contributed by atoms with Crippen LogP contribution >= 0.6 is 0 Å². The monoisotopic (exact) mass is 299 g/mol. The highest BCUT2D eigenvalue weighted by Crippen LogP contribution is 2.16. The molecule has 2 heterocycles. The van der Waals surface area contributed by atoms with Crippen molar-refractivity contribution in [1.82, 2.24) is 25.3 Å². The summed E-state index contributed by atoms with van der Waals surface area (Å²) in [6, 6.07) is 7.09. The molecular formula is C14H13N5O3. The number of hydrogen-bond donors (Lipinski definition) is 4. The third-order valence-electron chi connectivity index (χ3n) is 3.23. The average Bonchev–Trinajstić information content (AvgIpc) is 3.13. The van der Waals surface area contributed by atoms with Gasteiger partial charge in [0.25, 0.3) is 5.91 Å². The van der Waals surface area contributed by atoms with Crippen LogP contribution in [0.25, 0.3) is 11.0 Å². The molecule has 3 aromatic rings. The Morgan fingerprint density at radius 3 is 2.82 bits per heavy atom. The second-order valence-corrected chi connectivity index (χ2v) is 4.77. The molecule has 8 heteroatoms. The number of carbonyl (C=O) groups is 2. The van der Waals surface area contributed by atoms with E-state index >= 15 is 0 Å². The van der Waals surface area contributed by atoms with Crippen LogP contribution < -0.4 is 5.32 Å². The topological polar surface area (TPSA) is 124 Å². The Morgan fingerprint density at radius 1 is 1.32 bits per heavy atom. The van der Waals surface area contributed by atoms with Gasteiger partial charge in [0, 0.05) is 0 Å². The van der Waals surface area contributed by atoms with Crippen LogP contribution in [0.5, 0.6) is 0 Å². The lowest BCUT2D eigenvalue weighted by molar-refractivity contribution is 0.0684. The van der Waals surface area contributed by atoms with Crippen LogP contribution in [0.15, 0.2) is 30.6 Å². The Morgan fingerprint density at radius 2 is 2.09 bits per heavy atom.